The minimum atomic E-state index is -0.230. The number of hydrogen-bond donors (Lipinski definition) is 3. The third kappa shape index (κ3) is 3.96. The maximum absolute atomic E-state index is 10.1. The number of aromatic nitrogens is 3. The van der Waals surface area contributed by atoms with Crippen LogP contribution < -0.4 is 16.0 Å². The molecule has 4 rings (SSSR count). The number of aryl methyl sites for hydroxylation is 1. The molecule has 1 spiro atoms. The lowest BCUT2D eigenvalue weighted by Gasteiger charge is -2.42. The van der Waals surface area contributed by atoms with Crippen molar-refractivity contribution in [2.75, 3.05) is 37.0 Å². The maximum Gasteiger partial charge on any atom is 0.153 e. The fourth-order valence-electron chi connectivity index (χ4n) is 4.59. The number of halogens is 2. The molecule has 31 heavy (non-hydrogen) atoms. The predicted octanol–water partition coefficient (Wildman–Crippen LogP) is 3.02. The fourth-order valence-corrected chi connectivity index (χ4v) is 4.97. The van der Waals surface area contributed by atoms with E-state index < -0.39 is 0 Å². The van der Waals surface area contributed by atoms with E-state index >= 15 is 0 Å². The van der Waals surface area contributed by atoms with Gasteiger partial charge in [-0.3, -0.25) is 0 Å². The van der Waals surface area contributed by atoms with Crippen LogP contribution >= 0.6 is 23.2 Å². The number of pyridine rings is 1. The summed E-state index contributed by atoms with van der Waals surface area (Å²) in [7, 11) is 1.75. The van der Waals surface area contributed by atoms with Crippen molar-refractivity contribution in [1.29, 1.82) is 0 Å². The Balaban J connectivity index is 1.65. The largest absolute Gasteiger partial charge is 0.390 e. The molecule has 2 aromatic rings. The van der Waals surface area contributed by atoms with Gasteiger partial charge in [-0.1, -0.05) is 23.2 Å². The van der Waals surface area contributed by atoms with Crippen molar-refractivity contribution in [3.8, 4) is 11.3 Å². The third-order valence-corrected chi connectivity index (χ3v) is 7.36. The lowest BCUT2D eigenvalue weighted by molar-refractivity contribution is 0.0973. The van der Waals surface area contributed by atoms with Gasteiger partial charge >= 0.3 is 0 Å². The molecule has 2 aliphatic heterocycles. The molecular formula is C21H28Cl2N6O2. The highest BCUT2D eigenvalue weighted by Gasteiger charge is 2.47. The topological polar surface area (TPSA) is 109 Å². The highest BCUT2D eigenvalue weighted by molar-refractivity contribution is 6.43. The van der Waals surface area contributed by atoms with Gasteiger partial charge in [0.2, 0.25) is 0 Å². The molecule has 4 N–H and O–H groups in total. The van der Waals surface area contributed by atoms with Crippen LogP contribution in [0.25, 0.3) is 11.3 Å². The summed E-state index contributed by atoms with van der Waals surface area (Å²) in [5.41, 5.74) is 8.87. The van der Waals surface area contributed by atoms with Crippen LogP contribution in [0, 0.1) is 12.3 Å². The smallest absolute Gasteiger partial charge is 0.153 e. The molecule has 0 aromatic carbocycles. The van der Waals surface area contributed by atoms with Gasteiger partial charge in [0.25, 0.3) is 0 Å². The Morgan fingerprint density at radius 1 is 1.29 bits per heavy atom. The SMILES string of the molecule is CNc1cc(-c2nc(CO)c(N3CCC4(CC3)CO[C@@H](C)[C@H]4N)nc2C)c(Cl)c(Cl)n1. The van der Waals surface area contributed by atoms with Gasteiger partial charge in [0.05, 0.1) is 35.7 Å². The molecule has 8 nitrogen and oxygen atoms in total. The van der Waals surface area contributed by atoms with E-state index in [9.17, 15) is 5.11 Å². The lowest BCUT2D eigenvalue weighted by Crippen LogP contribution is -2.51. The number of nitrogens with zero attached hydrogens (tertiary/aromatic N) is 4. The first-order valence-electron chi connectivity index (χ1n) is 10.4. The van der Waals surface area contributed by atoms with Crippen molar-refractivity contribution in [3.05, 3.63) is 27.6 Å². The highest BCUT2D eigenvalue weighted by Crippen LogP contribution is 2.42. The minimum absolute atomic E-state index is 0.0164. The number of piperidine rings is 1. The van der Waals surface area contributed by atoms with Gasteiger partial charge in [-0.25, -0.2) is 15.0 Å². The van der Waals surface area contributed by atoms with Gasteiger partial charge in [0, 0.05) is 37.2 Å². The zero-order valence-corrected chi connectivity index (χ0v) is 19.5. The van der Waals surface area contributed by atoms with Gasteiger partial charge in [-0.15, -0.1) is 0 Å². The van der Waals surface area contributed by atoms with Crippen LogP contribution in [0.1, 0.15) is 31.2 Å². The van der Waals surface area contributed by atoms with E-state index in [4.69, 9.17) is 43.6 Å². The number of aliphatic hydroxyl groups excluding tert-OH is 1. The molecule has 0 radical (unpaired) electrons. The Kier molecular flexibility index (Phi) is 6.29. The summed E-state index contributed by atoms with van der Waals surface area (Å²) in [5.74, 6) is 1.27. The summed E-state index contributed by atoms with van der Waals surface area (Å²) < 4.78 is 5.82. The lowest BCUT2D eigenvalue weighted by atomic mass is 9.73. The standard InChI is InChI=1S/C21H28Cl2N6O2/c1-11-17(13-8-15(25-3)28-19(23)16(13)22)27-14(9-30)20(26-11)29-6-4-21(5-7-29)10-31-12(2)18(21)24/h8,12,18,30H,4-7,9-10,24H2,1-3H3,(H,25,28)/t12-,18+/m0/s1. The molecule has 168 valence electrons. The fraction of sp³-hybridized carbons (Fsp3) is 0.571. The second-order valence-electron chi connectivity index (χ2n) is 8.39. The second-order valence-corrected chi connectivity index (χ2v) is 9.12. The number of nitrogens with one attached hydrogen (secondary N) is 1. The number of nitrogens with two attached hydrogens (primary N) is 1. The monoisotopic (exact) mass is 466 g/mol. The molecule has 0 amide bonds. The quantitative estimate of drug-likeness (QED) is 0.589. The van der Waals surface area contributed by atoms with Gasteiger partial charge < -0.3 is 25.8 Å². The zero-order chi connectivity index (χ0) is 22.3. The van der Waals surface area contributed by atoms with Crippen molar-refractivity contribution < 1.29 is 9.84 Å². The first-order valence-corrected chi connectivity index (χ1v) is 11.2. The van der Waals surface area contributed by atoms with Crippen LogP contribution in [0.4, 0.5) is 11.6 Å². The van der Waals surface area contributed by atoms with E-state index in [0.29, 0.717) is 45.9 Å². The average molecular weight is 467 g/mol. The van der Waals surface area contributed by atoms with Crippen molar-refractivity contribution in [3.63, 3.8) is 0 Å². The Bertz CT molecular complexity index is 981. The Morgan fingerprint density at radius 2 is 2.00 bits per heavy atom. The van der Waals surface area contributed by atoms with E-state index in [1.165, 1.54) is 0 Å². The summed E-state index contributed by atoms with van der Waals surface area (Å²) in [5, 5.41) is 13.5. The van der Waals surface area contributed by atoms with E-state index in [-0.39, 0.29) is 29.3 Å². The first kappa shape index (κ1) is 22.5. The highest BCUT2D eigenvalue weighted by atomic mass is 35.5. The molecule has 2 aliphatic rings. The molecule has 10 heteroatoms. The molecule has 2 fully saturated rings. The molecule has 0 aliphatic carbocycles. The number of aliphatic hydroxyl groups is 1. The summed E-state index contributed by atoms with van der Waals surface area (Å²) in [6.45, 7) is 5.97. The van der Waals surface area contributed by atoms with Gasteiger partial charge in [-0.05, 0) is 32.8 Å². The third-order valence-electron chi connectivity index (χ3n) is 6.60. The molecule has 0 bridgehead atoms. The van der Waals surface area contributed by atoms with Gasteiger partial charge in [0.15, 0.2) is 11.0 Å². The molecule has 4 heterocycles. The van der Waals surface area contributed by atoms with Crippen molar-refractivity contribution in [2.24, 2.45) is 11.1 Å². The minimum Gasteiger partial charge on any atom is -0.390 e. The van der Waals surface area contributed by atoms with Crippen LogP contribution in [0.5, 0.6) is 0 Å². The van der Waals surface area contributed by atoms with Crippen LogP contribution in [-0.4, -0.2) is 58.9 Å². The van der Waals surface area contributed by atoms with Crippen molar-refractivity contribution >= 4 is 34.8 Å². The van der Waals surface area contributed by atoms with Crippen LogP contribution in [0.3, 0.4) is 0 Å². The van der Waals surface area contributed by atoms with Gasteiger partial charge in [-0.2, -0.15) is 0 Å². The Morgan fingerprint density at radius 3 is 2.58 bits per heavy atom. The van der Waals surface area contributed by atoms with E-state index in [0.717, 1.165) is 25.9 Å². The number of rotatable bonds is 4. The maximum atomic E-state index is 10.1. The molecule has 2 aromatic heterocycles. The molecule has 0 saturated carbocycles. The first-order chi connectivity index (χ1) is 14.8. The Hall–Kier alpha value is -1.71. The van der Waals surface area contributed by atoms with Crippen LogP contribution in [0.2, 0.25) is 10.2 Å². The van der Waals surface area contributed by atoms with E-state index in [2.05, 4.69) is 15.2 Å². The summed E-state index contributed by atoms with van der Waals surface area (Å²) in [4.78, 5) is 15.9. The number of ether oxygens (including phenoxy) is 1. The molecule has 2 saturated heterocycles. The van der Waals surface area contributed by atoms with Gasteiger partial charge in [0.1, 0.15) is 11.5 Å². The molecule has 2 atom stereocenters. The van der Waals surface area contributed by atoms with Crippen LogP contribution in [-0.2, 0) is 11.3 Å². The van der Waals surface area contributed by atoms with Crippen molar-refractivity contribution in [1.82, 2.24) is 15.0 Å². The average Bonchev–Trinajstić information content (AvgIpc) is 3.04. The van der Waals surface area contributed by atoms with E-state index in [1.54, 1.807) is 13.1 Å². The summed E-state index contributed by atoms with van der Waals surface area (Å²) >= 11 is 12.6. The van der Waals surface area contributed by atoms with Crippen LogP contribution in [0.15, 0.2) is 6.07 Å². The summed E-state index contributed by atoms with van der Waals surface area (Å²) in [6.07, 6.45) is 1.92. The predicted molar refractivity (Wildman–Crippen MR) is 123 cm³/mol. The number of hydrogen-bond acceptors (Lipinski definition) is 8. The normalized spacial score (nSPS) is 22.9. The van der Waals surface area contributed by atoms with E-state index in [1.807, 2.05) is 13.8 Å². The molecule has 0 unspecified atom stereocenters. The summed E-state index contributed by atoms with van der Waals surface area (Å²) in [6, 6.07) is 1.82. The Labute approximate surface area is 192 Å². The second kappa shape index (κ2) is 8.67. The van der Waals surface area contributed by atoms with Crippen molar-refractivity contribution in [2.45, 2.75) is 45.4 Å². The molecular weight excluding hydrogens is 439 g/mol. The zero-order valence-electron chi connectivity index (χ0n) is 18.0. The number of anilines is 2.